The molecule has 0 bridgehead atoms. The van der Waals surface area contributed by atoms with Crippen LogP contribution in [0.2, 0.25) is 0 Å². The first-order valence-electron chi connectivity index (χ1n) is 14.0. The maximum atomic E-state index is 14.7. The monoisotopic (exact) mass is 542 g/mol. The van der Waals surface area contributed by atoms with Gasteiger partial charge in [-0.05, 0) is 78.4 Å². The molecular weight excluding hydrogens is 501 g/mol. The molecule has 0 aromatic heterocycles. The van der Waals surface area contributed by atoms with E-state index in [9.17, 15) is 13.2 Å². The number of hydrogen-bond donors (Lipinski definition) is 0. The van der Waals surface area contributed by atoms with E-state index in [1.165, 1.54) is 12.1 Å². The summed E-state index contributed by atoms with van der Waals surface area (Å²) in [5.41, 5.74) is 6.40. The standard InChI is InChI=1S/C37H41F3/c1-34(2,3)30-19-13-10-16-25(30)28-22-24(37(38,39)40)23-29(26-17-11-14-20-31(26)35(4,5)6)33(28)27-18-12-15-21-32(27)36(7,8)9/h10-23H,1-9H3. The van der Waals surface area contributed by atoms with E-state index in [1.54, 1.807) is 0 Å². The first-order chi connectivity index (χ1) is 18.4. The van der Waals surface area contributed by atoms with Crippen molar-refractivity contribution in [1.29, 1.82) is 0 Å². The van der Waals surface area contributed by atoms with Gasteiger partial charge in [0.2, 0.25) is 0 Å². The predicted octanol–water partition coefficient (Wildman–Crippen LogP) is 11.6. The molecule has 0 unspecified atom stereocenters. The Morgan fingerprint density at radius 2 is 0.700 bits per heavy atom. The van der Waals surface area contributed by atoms with Gasteiger partial charge in [-0.15, -0.1) is 0 Å². The van der Waals surface area contributed by atoms with Crippen LogP contribution in [-0.4, -0.2) is 0 Å². The lowest BCUT2D eigenvalue weighted by atomic mass is 9.74. The van der Waals surface area contributed by atoms with Crippen molar-refractivity contribution in [3.8, 4) is 33.4 Å². The number of hydrogen-bond acceptors (Lipinski definition) is 0. The zero-order valence-corrected chi connectivity index (χ0v) is 25.2. The van der Waals surface area contributed by atoms with Crippen LogP contribution in [0.5, 0.6) is 0 Å². The van der Waals surface area contributed by atoms with Gasteiger partial charge in [0.05, 0.1) is 5.56 Å². The van der Waals surface area contributed by atoms with E-state index in [4.69, 9.17) is 0 Å². The number of rotatable bonds is 3. The normalized spacial score (nSPS) is 13.0. The van der Waals surface area contributed by atoms with Gasteiger partial charge < -0.3 is 0 Å². The van der Waals surface area contributed by atoms with Crippen LogP contribution in [0.25, 0.3) is 33.4 Å². The Bertz CT molecular complexity index is 1440. The van der Waals surface area contributed by atoms with Crippen LogP contribution in [0.15, 0.2) is 84.9 Å². The quantitative estimate of drug-likeness (QED) is 0.241. The molecule has 4 rings (SSSR count). The third kappa shape index (κ3) is 5.89. The molecule has 0 N–H and O–H groups in total. The van der Waals surface area contributed by atoms with Gasteiger partial charge in [-0.2, -0.15) is 13.2 Å². The van der Waals surface area contributed by atoms with Crippen molar-refractivity contribution >= 4 is 0 Å². The lowest BCUT2D eigenvalue weighted by molar-refractivity contribution is -0.137. The van der Waals surface area contributed by atoms with Crippen molar-refractivity contribution in [3.63, 3.8) is 0 Å². The fraction of sp³-hybridized carbons (Fsp3) is 0.351. The molecule has 0 aliphatic rings. The Hall–Kier alpha value is -3.33. The molecular formula is C37H41F3. The first-order valence-corrected chi connectivity index (χ1v) is 14.0. The second-order valence-corrected chi connectivity index (χ2v) is 13.8. The van der Waals surface area contributed by atoms with Gasteiger partial charge in [-0.1, -0.05) is 135 Å². The predicted molar refractivity (Wildman–Crippen MR) is 164 cm³/mol. The maximum Gasteiger partial charge on any atom is 0.416 e. The molecule has 0 spiro atoms. The second kappa shape index (κ2) is 10.3. The van der Waals surface area contributed by atoms with Gasteiger partial charge in [0.1, 0.15) is 0 Å². The van der Waals surface area contributed by atoms with Gasteiger partial charge in [-0.25, -0.2) is 0 Å². The molecule has 0 saturated heterocycles. The lowest BCUT2D eigenvalue weighted by Gasteiger charge is -2.30. The van der Waals surface area contributed by atoms with Crippen molar-refractivity contribution in [1.82, 2.24) is 0 Å². The van der Waals surface area contributed by atoms with Gasteiger partial charge in [0, 0.05) is 0 Å². The van der Waals surface area contributed by atoms with E-state index in [1.807, 2.05) is 60.7 Å². The molecule has 0 nitrogen and oxygen atoms in total. The van der Waals surface area contributed by atoms with Crippen molar-refractivity contribution in [2.45, 2.75) is 84.7 Å². The highest BCUT2D eigenvalue weighted by Crippen LogP contribution is 2.50. The summed E-state index contributed by atoms with van der Waals surface area (Å²) in [6.45, 7) is 19.1. The molecule has 40 heavy (non-hydrogen) atoms. The summed E-state index contributed by atoms with van der Waals surface area (Å²) >= 11 is 0. The van der Waals surface area contributed by atoms with E-state index >= 15 is 0 Å². The highest BCUT2D eigenvalue weighted by molar-refractivity contribution is 5.98. The summed E-state index contributed by atoms with van der Waals surface area (Å²) in [4.78, 5) is 0. The second-order valence-electron chi connectivity index (χ2n) is 13.8. The van der Waals surface area contributed by atoms with E-state index in [2.05, 4.69) is 74.4 Å². The summed E-state index contributed by atoms with van der Waals surface area (Å²) in [6, 6.07) is 26.7. The lowest BCUT2D eigenvalue weighted by Crippen LogP contribution is -2.16. The molecule has 0 amide bonds. The van der Waals surface area contributed by atoms with Crippen LogP contribution in [-0.2, 0) is 22.4 Å². The molecule has 0 aliphatic carbocycles. The minimum absolute atomic E-state index is 0.221. The highest BCUT2D eigenvalue weighted by Gasteiger charge is 2.35. The molecule has 210 valence electrons. The van der Waals surface area contributed by atoms with Crippen molar-refractivity contribution in [3.05, 3.63) is 107 Å². The minimum atomic E-state index is -4.50. The molecule has 3 heteroatoms. The maximum absolute atomic E-state index is 14.7. The third-order valence-electron chi connectivity index (χ3n) is 7.52. The summed E-state index contributed by atoms with van der Waals surface area (Å²) in [7, 11) is 0. The summed E-state index contributed by atoms with van der Waals surface area (Å²) < 4.78 is 44.0. The van der Waals surface area contributed by atoms with Gasteiger partial charge >= 0.3 is 6.18 Å². The van der Waals surface area contributed by atoms with Gasteiger partial charge in [-0.3, -0.25) is 0 Å². The van der Waals surface area contributed by atoms with Crippen molar-refractivity contribution in [2.24, 2.45) is 0 Å². The Labute approximate surface area is 238 Å². The molecule has 0 radical (unpaired) electrons. The van der Waals surface area contributed by atoms with E-state index in [0.717, 1.165) is 38.9 Å². The Morgan fingerprint density at radius 1 is 0.400 bits per heavy atom. The largest absolute Gasteiger partial charge is 0.416 e. The molecule has 4 aromatic rings. The van der Waals surface area contributed by atoms with Crippen LogP contribution in [0.4, 0.5) is 13.2 Å². The fourth-order valence-corrected chi connectivity index (χ4v) is 5.62. The Morgan fingerprint density at radius 3 is 1.02 bits per heavy atom. The van der Waals surface area contributed by atoms with Crippen LogP contribution in [0.1, 0.15) is 84.6 Å². The zero-order valence-electron chi connectivity index (χ0n) is 25.2. The topological polar surface area (TPSA) is 0 Å². The average Bonchev–Trinajstić information content (AvgIpc) is 2.86. The van der Waals surface area contributed by atoms with Crippen LogP contribution in [0, 0.1) is 0 Å². The summed E-state index contributed by atoms with van der Waals surface area (Å²) in [6.07, 6.45) is -4.50. The first kappa shape index (κ1) is 29.6. The summed E-state index contributed by atoms with van der Waals surface area (Å²) in [5.74, 6) is 0. The van der Waals surface area contributed by atoms with Crippen LogP contribution < -0.4 is 0 Å². The van der Waals surface area contributed by atoms with E-state index < -0.39 is 11.7 Å². The van der Waals surface area contributed by atoms with E-state index in [-0.39, 0.29) is 16.2 Å². The minimum Gasteiger partial charge on any atom is -0.166 e. The smallest absolute Gasteiger partial charge is 0.166 e. The number of benzene rings is 4. The van der Waals surface area contributed by atoms with Gasteiger partial charge in [0.25, 0.3) is 0 Å². The van der Waals surface area contributed by atoms with Crippen molar-refractivity contribution in [2.75, 3.05) is 0 Å². The van der Waals surface area contributed by atoms with Gasteiger partial charge in [0.15, 0.2) is 0 Å². The van der Waals surface area contributed by atoms with E-state index in [0.29, 0.717) is 11.1 Å². The average molecular weight is 543 g/mol. The molecule has 0 aliphatic heterocycles. The third-order valence-corrected chi connectivity index (χ3v) is 7.52. The number of halogens is 3. The number of alkyl halides is 3. The Kier molecular flexibility index (Phi) is 7.60. The SMILES string of the molecule is CC(C)(C)c1ccccc1-c1cc(C(F)(F)F)cc(-c2ccccc2C(C)(C)C)c1-c1ccccc1C(C)(C)C. The highest BCUT2D eigenvalue weighted by atomic mass is 19.4. The summed E-state index contributed by atoms with van der Waals surface area (Å²) in [5, 5.41) is 0. The molecule has 0 heterocycles. The molecule has 0 fully saturated rings. The molecule has 0 atom stereocenters. The van der Waals surface area contributed by atoms with Crippen molar-refractivity contribution < 1.29 is 13.2 Å². The molecule has 0 saturated carbocycles. The fourth-order valence-electron chi connectivity index (χ4n) is 5.62. The van der Waals surface area contributed by atoms with Crippen LogP contribution >= 0.6 is 0 Å². The molecule has 4 aromatic carbocycles. The zero-order chi connectivity index (χ0) is 29.7. The Balaban J connectivity index is 2.31. The van der Waals surface area contributed by atoms with Crippen LogP contribution in [0.3, 0.4) is 0 Å².